The van der Waals surface area contributed by atoms with Crippen molar-refractivity contribution in [2.24, 2.45) is 5.73 Å². The fourth-order valence-electron chi connectivity index (χ4n) is 2.10. The number of nitrogens with two attached hydrogens (primary N) is 1. The third-order valence-electron chi connectivity index (χ3n) is 3.19. The van der Waals surface area contributed by atoms with Crippen LogP contribution < -0.4 is 10.5 Å². The molecule has 5 nitrogen and oxygen atoms in total. The number of nitrogens with zero attached hydrogens (tertiary/aromatic N) is 1. The second-order valence-corrected chi connectivity index (χ2v) is 6.42. The van der Waals surface area contributed by atoms with Crippen molar-refractivity contribution in [2.75, 3.05) is 39.5 Å². The first-order valence-corrected chi connectivity index (χ1v) is 8.36. The molecular weight excluding hydrogens is 404 g/mol. The summed E-state index contributed by atoms with van der Waals surface area (Å²) in [6.07, 6.45) is 0.796. The third kappa shape index (κ3) is 4.67. The van der Waals surface area contributed by atoms with Crippen molar-refractivity contribution in [3.05, 3.63) is 26.6 Å². The highest BCUT2D eigenvalue weighted by Gasteiger charge is 2.18. The molecule has 1 aromatic carbocycles. The lowest BCUT2D eigenvalue weighted by atomic mass is 10.1. The minimum absolute atomic E-state index is 0.0213. The molecule has 2 rings (SSSR count). The van der Waals surface area contributed by atoms with Crippen LogP contribution in [0.1, 0.15) is 5.56 Å². The van der Waals surface area contributed by atoms with Gasteiger partial charge in [-0.25, -0.2) is 0 Å². The fourth-order valence-corrected chi connectivity index (χ4v) is 3.61. The lowest BCUT2D eigenvalue weighted by Crippen LogP contribution is -2.43. The summed E-state index contributed by atoms with van der Waals surface area (Å²) in [7, 11) is 0. The van der Waals surface area contributed by atoms with E-state index in [9.17, 15) is 4.79 Å². The Morgan fingerprint density at radius 1 is 1.29 bits per heavy atom. The Labute approximate surface area is 141 Å². The molecule has 1 amide bonds. The van der Waals surface area contributed by atoms with Gasteiger partial charge in [-0.1, -0.05) is 0 Å². The van der Waals surface area contributed by atoms with Crippen LogP contribution in [0.15, 0.2) is 21.1 Å². The van der Waals surface area contributed by atoms with Gasteiger partial charge in [0.1, 0.15) is 5.75 Å². The van der Waals surface area contributed by atoms with Crippen LogP contribution in [-0.2, 0) is 16.0 Å². The van der Waals surface area contributed by atoms with Crippen molar-refractivity contribution in [3.63, 3.8) is 0 Å². The molecule has 1 aliphatic heterocycles. The number of amides is 1. The van der Waals surface area contributed by atoms with Gasteiger partial charge < -0.3 is 20.1 Å². The van der Waals surface area contributed by atoms with E-state index >= 15 is 0 Å². The highest BCUT2D eigenvalue weighted by molar-refractivity contribution is 9.11. The van der Waals surface area contributed by atoms with E-state index in [-0.39, 0.29) is 12.5 Å². The molecular formula is C14H18Br2N2O3. The Hall–Kier alpha value is -0.630. The van der Waals surface area contributed by atoms with Crippen LogP contribution in [-0.4, -0.2) is 50.3 Å². The van der Waals surface area contributed by atoms with Gasteiger partial charge in [-0.3, -0.25) is 4.79 Å². The van der Waals surface area contributed by atoms with Gasteiger partial charge >= 0.3 is 0 Å². The van der Waals surface area contributed by atoms with E-state index in [1.807, 2.05) is 12.1 Å². The zero-order chi connectivity index (χ0) is 15.2. The van der Waals surface area contributed by atoms with Crippen LogP contribution in [0.4, 0.5) is 0 Å². The number of morpholine rings is 1. The Morgan fingerprint density at radius 3 is 2.48 bits per heavy atom. The molecule has 0 atom stereocenters. The smallest absolute Gasteiger partial charge is 0.260 e. The summed E-state index contributed by atoms with van der Waals surface area (Å²) in [5.74, 6) is 0.612. The summed E-state index contributed by atoms with van der Waals surface area (Å²) in [5, 5.41) is 0. The summed E-state index contributed by atoms with van der Waals surface area (Å²) in [5.41, 5.74) is 6.67. The first kappa shape index (κ1) is 16.7. The lowest BCUT2D eigenvalue weighted by molar-refractivity contribution is -0.137. The zero-order valence-electron chi connectivity index (χ0n) is 11.6. The van der Waals surface area contributed by atoms with E-state index in [0.29, 0.717) is 38.6 Å². The summed E-state index contributed by atoms with van der Waals surface area (Å²) in [4.78, 5) is 13.8. The van der Waals surface area contributed by atoms with Crippen LogP contribution in [0.5, 0.6) is 5.75 Å². The lowest BCUT2D eigenvalue weighted by Gasteiger charge is -2.26. The molecule has 1 heterocycles. The van der Waals surface area contributed by atoms with Crippen molar-refractivity contribution in [3.8, 4) is 5.75 Å². The van der Waals surface area contributed by atoms with E-state index in [1.54, 1.807) is 4.90 Å². The summed E-state index contributed by atoms with van der Waals surface area (Å²) in [6.45, 7) is 3.04. The SMILES string of the molecule is NCCc1cc(Br)c(OCC(=O)N2CCOCC2)c(Br)c1. The largest absolute Gasteiger partial charge is 0.481 e. The van der Waals surface area contributed by atoms with Gasteiger partial charge in [0, 0.05) is 13.1 Å². The Bertz CT molecular complexity index is 482. The maximum Gasteiger partial charge on any atom is 0.260 e. The van der Waals surface area contributed by atoms with Crippen molar-refractivity contribution < 1.29 is 14.3 Å². The molecule has 0 aliphatic carbocycles. The van der Waals surface area contributed by atoms with Crippen LogP contribution in [0.25, 0.3) is 0 Å². The number of hydrogen-bond donors (Lipinski definition) is 1. The molecule has 0 bridgehead atoms. The molecule has 0 radical (unpaired) electrons. The highest BCUT2D eigenvalue weighted by atomic mass is 79.9. The van der Waals surface area contributed by atoms with Gasteiger partial charge in [0.05, 0.1) is 22.2 Å². The third-order valence-corrected chi connectivity index (χ3v) is 4.37. The van der Waals surface area contributed by atoms with Gasteiger partial charge in [0.15, 0.2) is 6.61 Å². The molecule has 0 spiro atoms. The Balaban J connectivity index is 1.97. The van der Waals surface area contributed by atoms with Crippen LogP contribution >= 0.6 is 31.9 Å². The van der Waals surface area contributed by atoms with Crippen molar-refractivity contribution in [1.29, 1.82) is 0 Å². The van der Waals surface area contributed by atoms with E-state index in [2.05, 4.69) is 31.9 Å². The van der Waals surface area contributed by atoms with E-state index in [1.165, 1.54) is 0 Å². The number of hydrogen-bond acceptors (Lipinski definition) is 4. The van der Waals surface area contributed by atoms with Crippen molar-refractivity contribution in [1.82, 2.24) is 4.90 Å². The maximum atomic E-state index is 12.1. The molecule has 1 aliphatic rings. The average Bonchev–Trinajstić information content (AvgIpc) is 2.47. The second kappa shape index (κ2) is 8.12. The van der Waals surface area contributed by atoms with E-state index in [0.717, 1.165) is 20.9 Å². The molecule has 2 N–H and O–H groups in total. The average molecular weight is 422 g/mol. The number of benzene rings is 1. The molecule has 0 saturated carbocycles. The molecule has 1 aromatic rings. The summed E-state index contributed by atoms with van der Waals surface area (Å²) >= 11 is 6.95. The summed E-state index contributed by atoms with van der Waals surface area (Å²) in [6, 6.07) is 3.93. The van der Waals surface area contributed by atoms with Gasteiger partial charge in [0.25, 0.3) is 5.91 Å². The predicted octanol–water partition coefficient (Wildman–Crippen LogP) is 1.95. The van der Waals surface area contributed by atoms with Gasteiger partial charge in [-0.05, 0) is 62.5 Å². The number of halogens is 2. The molecule has 0 unspecified atom stereocenters. The van der Waals surface area contributed by atoms with Crippen LogP contribution in [0.2, 0.25) is 0 Å². The Kier molecular flexibility index (Phi) is 6.47. The number of rotatable bonds is 5. The molecule has 7 heteroatoms. The van der Waals surface area contributed by atoms with E-state index < -0.39 is 0 Å². The van der Waals surface area contributed by atoms with Crippen LogP contribution in [0, 0.1) is 0 Å². The van der Waals surface area contributed by atoms with E-state index in [4.69, 9.17) is 15.2 Å². The molecule has 0 aromatic heterocycles. The zero-order valence-corrected chi connectivity index (χ0v) is 14.8. The monoisotopic (exact) mass is 420 g/mol. The van der Waals surface area contributed by atoms with Crippen LogP contribution in [0.3, 0.4) is 0 Å². The molecule has 1 fully saturated rings. The Morgan fingerprint density at radius 2 is 1.90 bits per heavy atom. The van der Waals surface area contributed by atoms with Gasteiger partial charge in [-0.2, -0.15) is 0 Å². The standard InChI is InChI=1S/C14H18Br2N2O3/c15-11-7-10(1-2-17)8-12(16)14(11)21-9-13(19)18-3-5-20-6-4-18/h7-8H,1-6,9,17H2. The summed E-state index contributed by atoms with van der Waals surface area (Å²) < 4.78 is 12.5. The number of carbonyl (C=O) groups excluding carboxylic acids is 1. The number of ether oxygens (including phenoxy) is 2. The predicted molar refractivity (Wildman–Crippen MR) is 87.5 cm³/mol. The normalized spacial score (nSPS) is 15.1. The molecule has 116 valence electrons. The second-order valence-electron chi connectivity index (χ2n) is 4.71. The fraction of sp³-hybridized carbons (Fsp3) is 0.500. The van der Waals surface area contributed by atoms with Crippen molar-refractivity contribution >= 4 is 37.8 Å². The molecule has 21 heavy (non-hydrogen) atoms. The first-order chi connectivity index (χ1) is 10.1. The molecule has 1 saturated heterocycles. The topological polar surface area (TPSA) is 64.8 Å². The van der Waals surface area contributed by atoms with Crippen molar-refractivity contribution in [2.45, 2.75) is 6.42 Å². The highest BCUT2D eigenvalue weighted by Crippen LogP contribution is 2.34. The van der Waals surface area contributed by atoms with Gasteiger partial charge in [-0.15, -0.1) is 0 Å². The first-order valence-electron chi connectivity index (χ1n) is 6.78. The quantitative estimate of drug-likeness (QED) is 0.789. The van der Waals surface area contributed by atoms with Gasteiger partial charge in [0.2, 0.25) is 0 Å². The minimum Gasteiger partial charge on any atom is -0.481 e. The maximum absolute atomic E-state index is 12.1. The minimum atomic E-state index is -0.0249. The number of carbonyl (C=O) groups is 1.